The van der Waals surface area contributed by atoms with E-state index in [0.717, 1.165) is 4.57 Å². The monoisotopic (exact) mass is 188 g/mol. The number of aromatic amines is 1. The van der Waals surface area contributed by atoms with Gasteiger partial charge in [0.25, 0.3) is 5.91 Å². The van der Waals surface area contributed by atoms with Crippen LogP contribution in [0.5, 0.6) is 0 Å². The molecule has 0 spiro atoms. The van der Waals surface area contributed by atoms with Crippen molar-refractivity contribution in [1.82, 2.24) is 9.55 Å². The molecule has 0 aliphatic rings. The second-order valence-electron chi connectivity index (χ2n) is 2.81. The molecule has 2 aromatic rings. The van der Waals surface area contributed by atoms with Gasteiger partial charge in [-0.05, 0) is 12.1 Å². The lowest BCUT2D eigenvalue weighted by Crippen LogP contribution is -2.24. The van der Waals surface area contributed by atoms with Crippen LogP contribution < -0.4 is 5.69 Å². The molecular formula is C10H8N2O2. The van der Waals surface area contributed by atoms with Crippen molar-refractivity contribution in [3.63, 3.8) is 0 Å². The van der Waals surface area contributed by atoms with Crippen LogP contribution in [-0.2, 0) is 0 Å². The fourth-order valence-electron chi connectivity index (χ4n) is 1.20. The Morgan fingerprint density at radius 3 is 2.50 bits per heavy atom. The molecule has 0 atom stereocenters. The average molecular weight is 188 g/mol. The molecule has 70 valence electrons. The van der Waals surface area contributed by atoms with Gasteiger partial charge < -0.3 is 4.98 Å². The van der Waals surface area contributed by atoms with Crippen LogP contribution in [0.2, 0.25) is 0 Å². The van der Waals surface area contributed by atoms with Crippen LogP contribution in [0.3, 0.4) is 0 Å². The van der Waals surface area contributed by atoms with Crippen LogP contribution in [0.4, 0.5) is 0 Å². The lowest BCUT2D eigenvalue weighted by atomic mass is 10.2. The van der Waals surface area contributed by atoms with Crippen LogP contribution in [0.25, 0.3) is 0 Å². The lowest BCUT2D eigenvalue weighted by Gasteiger charge is -1.98. The molecule has 4 heteroatoms. The molecule has 0 unspecified atom stereocenters. The van der Waals surface area contributed by atoms with Crippen molar-refractivity contribution in [2.45, 2.75) is 0 Å². The van der Waals surface area contributed by atoms with E-state index in [4.69, 9.17) is 0 Å². The molecule has 0 amide bonds. The Labute approximate surface area is 79.8 Å². The highest BCUT2D eigenvalue weighted by molar-refractivity contribution is 5.95. The Morgan fingerprint density at radius 1 is 1.21 bits per heavy atom. The number of carbonyl (C=O) groups excluding carboxylic acids is 1. The third kappa shape index (κ3) is 1.37. The van der Waals surface area contributed by atoms with E-state index in [2.05, 4.69) is 4.98 Å². The first kappa shape index (κ1) is 8.50. The third-order valence-electron chi connectivity index (χ3n) is 1.89. The van der Waals surface area contributed by atoms with Gasteiger partial charge in [-0.15, -0.1) is 0 Å². The maximum atomic E-state index is 11.7. The molecule has 0 saturated carbocycles. The minimum Gasteiger partial charge on any atom is -0.312 e. The van der Waals surface area contributed by atoms with E-state index in [1.54, 1.807) is 24.3 Å². The maximum Gasteiger partial charge on any atom is 0.332 e. The second kappa shape index (κ2) is 3.33. The fourth-order valence-corrected chi connectivity index (χ4v) is 1.20. The predicted molar refractivity (Wildman–Crippen MR) is 51.2 cm³/mol. The predicted octanol–water partition coefficient (Wildman–Crippen LogP) is 0.865. The summed E-state index contributed by atoms with van der Waals surface area (Å²) in [4.78, 5) is 25.2. The van der Waals surface area contributed by atoms with Crippen LogP contribution in [-0.4, -0.2) is 15.5 Å². The molecule has 1 N–H and O–H groups in total. The molecule has 0 aliphatic heterocycles. The number of hydrogen-bond acceptors (Lipinski definition) is 2. The third-order valence-corrected chi connectivity index (χ3v) is 1.89. The van der Waals surface area contributed by atoms with E-state index < -0.39 is 5.69 Å². The van der Waals surface area contributed by atoms with Gasteiger partial charge in [0.05, 0.1) is 0 Å². The first-order valence-corrected chi connectivity index (χ1v) is 4.15. The van der Waals surface area contributed by atoms with E-state index in [1.165, 1.54) is 12.4 Å². The molecule has 2 rings (SSSR count). The number of carbonyl (C=O) groups is 1. The zero-order valence-corrected chi connectivity index (χ0v) is 7.31. The minimum absolute atomic E-state index is 0.322. The molecule has 1 heterocycles. The van der Waals surface area contributed by atoms with Gasteiger partial charge in [0.15, 0.2) is 0 Å². The van der Waals surface area contributed by atoms with Gasteiger partial charge in [0, 0.05) is 18.0 Å². The summed E-state index contributed by atoms with van der Waals surface area (Å²) in [5.74, 6) is -0.322. The second-order valence-corrected chi connectivity index (χ2v) is 2.81. The number of rotatable bonds is 1. The van der Waals surface area contributed by atoms with Crippen LogP contribution >= 0.6 is 0 Å². The molecule has 1 aromatic carbocycles. The van der Waals surface area contributed by atoms with Crippen molar-refractivity contribution in [3.05, 3.63) is 58.8 Å². The van der Waals surface area contributed by atoms with E-state index in [1.807, 2.05) is 6.07 Å². The van der Waals surface area contributed by atoms with E-state index in [-0.39, 0.29) is 5.91 Å². The average Bonchev–Trinajstić information content (AvgIpc) is 2.65. The summed E-state index contributed by atoms with van der Waals surface area (Å²) in [6.45, 7) is 0. The van der Waals surface area contributed by atoms with Crippen LogP contribution in [0, 0.1) is 0 Å². The van der Waals surface area contributed by atoms with Crippen molar-refractivity contribution >= 4 is 5.91 Å². The van der Waals surface area contributed by atoms with Crippen molar-refractivity contribution in [1.29, 1.82) is 0 Å². The Kier molecular flexibility index (Phi) is 2.02. The summed E-state index contributed by atoms with van der Waals surface area (Å²) in [5.41, 5.74) is 0.0769. The van der Waals surface area contributed by atoms with E-state index in [0.29, 0.717) is 5.56 Å². The first-order valence-electron chi connectivity index (χ1n) is 4.15. The molecule has 14 heavy (non-hydrogen) atoms. The van der Waals surface area contributed by atoms with Crippen molar-refractivity contribution in [3.8, 4) is 0 Å². The highest BCUT2D eigenvalue weighted by Crippen LogP contribution is 2.00. The number of imidazole rings is 1. The van der Waals surface area contributed by atoms with Crippen molar-refractivity contribution < 1.29 is 4.79 Å². The Bertz CT molecular complexity index is 496. The van der Waals surface area contributed by atoms with Gasteiger partial charge in [0.1, 0.15) is 0 Å². The largest absolute Gasteiger partial charge is 0.332 e. The normalized spacial score (nSPS) is 10.0. The molecule has 0 fully saturated rings. The number of benzene rings is 1. The van der Waals surface area contributed by atoms with Crippen LogP contribution in [0.1, 0.15) is 10.4 Å². The molecule has 1 aromatic heterocycles. The minimum atomic E-state index is -0.418. The van der Waals surface area contributed by atoms with Crippen molar-refractivity contribution in [2.75, 3.05) is 0 Å². The summed E-state index contributed by atoms with van der Waals surface area (Å²) in [6, 6.07) is 8.66. The highest BCUT2D eigenvalue weighted by Gasteiger charge is 2.08. The number of hydrogen-bond donors (Lipinski definition) is 1. The molecular weight excluding hydrogens is 180 g/mol. The molecule has 0 radical (unpaired) electrons. The van der Waals surface area contributed by atoms with Gasteiger partial charge >= 0.3 is 5.69 Å². The van der Waals surface area contributed by atoms with Gasteiger partial charge in [-0.2, -0.15) is 0 Å². The maximum absolute atomic E-state index is 11.7. The first-order chi connectivity index (χ1) is 6.79. The van der Waals surface area contributed by atoms with Crippen LogP contribution in [0.15, 0.2) is 47.5 Å². The number of nitrogens with one attached hydrogen (secondary N) is 1. The summed E-state index contributed by atoms with van der Waals surface area (Å²) < 4.78 is 1.04. The number of aromatic nitrogens is 2. The van der Waals surface area contributed by atoms with Gasteiger partial charge in [-0.1, -0.05) is 18.2 Å². The summed E-state index contributed by atoms with van der Waals surface area (Å²) in [5, 5.41) is 0. The zero-order chi connectivity index (χ0) is 9.97. The topological polar surface area (TPSA) is 54.9 Å². The zero-order valence-electron chi connectivity index (χ0n) is 7.31. The molecule has 0 bridgehead atoms. The van der Waals surface area contributed by atoms with Gasteiger partial charge in [-0.25, -0.2) is 9.36 Å². The highest BCUT2D eigenvalue weighted by atomic mass is 16.2. The SMILES string of the molecule is O=C(c1ccccc1)n1cc[nH]c1=O. The quantitative estimate of drug-likeness (QED) is 0.721. The Morgan fingerprint density at radius 2 is 1.93 bits per heavy atom. The molecule has 0 saturated heterocycles. The lowest BCUT2D eigenvalue weighted by molar-refractivity contribution is 0.0956. The number of nitrogens with zero attached hydrogens (tertiary/aromatic N) is 1. The fraction of sp³-hybridized carbons (Fsp3) is 0. The molecule has 0 aliphatic carbocycles. The standard InChI is InChI=1S/C10H8N2O2/c13-9(8-4-2-1-3-5-8)12-7-6-11-10(12)14/h1-7H,(H,11,14). The summed E-state index contributed by atoms with van der Waals surface area (Å²) in [6.07, 6.45) is 2.85. The number of H-pyrrole nitrogens is 1. The Hall–Kier alpha value is -2.10. The summed E-state index contributed by atoms with van der Waals surface area (Å²) in [7, 11) is 0. The Balaban J connectivity index is 2.44. The van der Waals surface area contributed by atoms with Gasteiger partial charge in [0.2, 0.25) is 0 Å². The van der Waals surface area contributed by atoms with E-state index >= 15 is 0 Å². The smallest absolute Gasteiger partial charge is 0.312 e. The van der Waals surface area contributed by atoms with E-state index in [9.17, 15) is 9.59 Å². The van der Waals surface area contributed by atoms with Crippen molar-refractivity contribution in [2.24, 2.45) is 0 Å². The van der Waals surface area contributed by atoms with Gasteiger partial charge in [-0.3, -0.25) is 4.79 Å². The molecule has 4 nitrogen and oxygen atoms in total. The summed E-state index contributed by atoms with van der Waals surface area (Å²) >= 11 is 0.